The molecule has 0 saturated heterocycles. The second kappa shape index (κ2) is 8.93. The molecular weight excluding hydrogens is 392 g/mol. The lowest BCUT2D eigenvalue weighted by Crippen LogP contribution is -2.39. The van der Waals surface area contributed by atoms with Crippen LogP contribution in [-0.2, 0) is 11.3 Å². The number of nitrogens with zero attached hydrogens (tertiary/aromatic N) is 1. The van der Waals surface area contributed by atoms with Crippen molar-refractivity contribution in [1.82, 2.24) is 4.90 Å². The number of amides is 1. The largest absolute Gasteiger partial charge is 0.495 e. The van der Waals surface area contributed by atoms with Crippen LogP contribution in [0.4, 0.5) is 5.69 Å². The number of anilines is 1. The summed E-state index contributed by atoms with van der Waals surface area (Å²) in [6.45, 7) is 1.24. The summed E-state index contributed by atoms with van der Waals surface area (Å²) < 4.78 is 16.2. The molecule has 0 unspecified atom stereocenters. The van der Waals surface area contributed by atoms with Crippen LogP contribution in [0.15, 0.2) is 36.4 Å². The minimum Gasteiger partial charge on any atom is -0.495 e. The van der Waals surface area contributed by atoms with Crippen LogP contribution in [0.1, 0.15) is 31.2 Å². The van der Waals surface area contributed by atoms with Crippen LogP contribution >= 0.6 is 11.6 Å². The summed E-state index contributed by atoms with van der Waals surface area (Å²) in [5.74, 6) is 2.04. The lowest BCUT2D eigenvalue weighted by atomic mass is 10.1. The fraction of sp³-hybridized carbons (Fsp3) is 0.409. The zero-order valence-corrected chi connectivity index (χ0v) is 17.2. The van der Waals surface area contributed by atoms with Gasteiger partial charge in [0.05, 0.1) is 19.3 Å². The van der Waals surface area contributed by atoms with E-state index in [9.17, 15) is 4.79 Å². The van der Waals surface area contributed by atoms with Gasteiger partial charge in [-0.15, -0.1) is 0 Å². The minimum absolute atomic E-state index is 0.0850. The first-order valence-electron chi connectivity index (χ1n) is 9.88. The molecule has 1 N–H and O–H groups in total. The number of hydrogen-bond donors (Lipinski definition) is 1. The third-order valence-corrected chi connectivity index (χ3v) is 5.68. The van der Waals surface area contributed by atoms with Crippen LogP contribution in [-0.4, -0.2) is 37.3 Å². The maximum Gasteiger partial charge on any atom is 0.238 e. The van der Waals surface area contributed by atoms with Crippen LogP contribution in [0, 0.1) is 0 Å². The van der Waals surface area contributed by atoms with Gasteiger partial charge in [-0.2, -0.15) is 0 Å². The van der Waals surface area contributed by atoms with E-state index in [0.717, 1.165) is 29.9 Å². The zero-order chi connectivity index (χ0) is 20.2. The van der Waals surface area contributed by atoms with Gasteiger partial charge in [-0.25, -0.2) is 0 Å². The van der Waals surface area contributed by atoms with Crippen molar-refractivity contribution in [3.8, 4) is 17.2 Å². The predicted molar refractivity (Wildman–Crippen MR) is 112 cm³/mol. The number of methoxy groups -OCH3 is 1. The van der Waals surface area contributed by atoms with Gasteiger partial charge in [-0.3, -0.25) is 9.69 Å². The van der Waals surface area contributed by atoms with Crippen LogP contribution < -0.4 is 19.5 Å². The molecular formula is C22H25ClN2O4. The number of nitrogens with one attached hydrogen (secondary N) is 1. The van der Waals surface area contributed by atoms with E-state index in [1.165, 1.54) is 12.8 Å². The predicted octanol–water partition coefficient (Wildman–Crippen LogP) is 4.46. The molecule has 1 saturated carbocycles. The number of benzene rings is 2. The topological polar surface area (TPSA) is 60.0 Å². The Morgan fingerprint density at radius 2 is 1.97 bits per heavy atom. The molecule has 1 aliphatic carbocycles. The van der Waals surface area contributed by atoms with Gasteiger partial charge < -0.3 is 19.5 Å². The van der Waals surface area contributed by atoms with Crippen LogP contribution in [0.5, 0.6) is 17.2 Å². The molecule has 1 fully saturated rings. The summed E-state index contributed by atoms with van der Waals surface area (Å²) in [7, 11) is 1.57. The third-order valence-electron chi connectivity index (χ3n) is 5.45. The van der Waals surface area contributed by atoms with Gasteiger partial charge in [0, 0.05) is 17.6 Å². The molecule has 0 bridgehead atoms. The molecule has 2 aromatic carbocycles. The summed E-state index contributed by atoms with van der Waals surface area (Å²) in [5, 5.41) is 3.50. The van der Waals surface area contributed by atoms with Crippen molar-refractivity contribution in [2.24, 2.45) is 0 Å². The fourth-order valence-electron chi connectivity index (χ4n) is 4.01. The van der Waals surface area contributed by atoms with Gasteiger partial charge in [-0.05, 0) is 48.7 Å². The van der Waals surface area contributed by atoms with Crippen LogP contribution in [0.25, 0.3) is 0 Å². The second-order valence-corrected chi connectivity index (χ2v) is 7.86. The smallest absolute Gasteiger partial charge is 0.238 e. The maximum atomic E-state index is 12.8. The van der Waals surface area contributed by atoms with Gasteiger partial charge in [-0.1, -0.05) is 30.5 Å². The van der Waals surface area contributed by atoms with Crippen LogP contribution in [0.2, 0.25) is 5.02 Å². The summed E-state index contributed by atoms with van der Waals surface area (Å²) >= 11 is 6.08. The van der Waals surface area contributed by atoms with Crippen molar-refractivity contribution in [2.45, 2.75) is 38.3 Å². The second-order valence-electron chi connectivity index (χ2n) is 7.42. The van der Waals surface area contributed by atoms with E-state index in [1.807, 2.05) is 18.2 Å². The Morgan fingerprint density at radius 1 is 1.17 bits per heavy atom. The maximum absolute atomic E-state index is 12.8. The van der Waals surface area contributed by atoms with Crippen molar-refractivity contribution in [1.29, 1.82) is 0 Å². The van der Waals surface area contributed by atoms with Crippen molar-refractivity contribution in [3.63, 3.8) is 0 Å². The number of carbonyl (C=O) groups excluding carboxylic acids is 1. The minimum atomic E-state index is -0.0850. The molecule has 154 valence electrons. The highest BCUT2D eigenvalue weighted by atomic mass is 35.5. The number of fused-ring (bicyclic) bond motifs is 1. The van der Waals surface area contributed by atoms with Crippen molar-refractivity contribution in [3.05, 3.63) is 47.0 Å². The highest BCUT2D eigenvalue weighted by Gasteiger charge is 2.25. The van der Waals surface area contributed by atoms with E-state index in [1.54, 1.807) is 25.3 Å². The summed E-state index contributed by atoms with van der Waals surface area (Å²) in [6, 6.07) is 11.6. The first-order chi connectivity index (χ1) is 14.1. The van der Waals surface area contributed by atoms with Crippen molar-refractivity contribution in [2.75, 3.05) is 25.8 Å². The average molecular weight is 417 g/mol. The fourth-order valence-corrected chi connectivity index (χ4v) is 4.18. The molecule has 1 amide bonds. The summed E-state index contributed by atoms with van der Waals surface area (Å²) in [5.41, 5.74) is 1.69. The average Bonchev–Trinajstić information content (AvgIpc) is 3.39. The molecule has 7 heteroatoms. The van der Waals surface area contributed by atoms with Crippen molar-refractivity contribution < 1.29 is 19.0 Å². The van der Waals surface area contributed by atoms with Gasteiger partial charge in [0.1, 0.15) is 5.75 Å². The molecule has 0 atom stereocenters. The molecule has 0 aromatic heterocycles. The molecule has 4 rings (SSSR count). The first kappa shape index (κ1) is 19.9. The molecule has 6 nitrogen and oxygen atoms in total. The number of hydrogen-bond acceptors (Lipinski definition) is 5. The quantitative estimate of drug-likeness (QED) is 0.722. The molecule has 2 aromatic rings. The Labute approximate surface area is 175 Å². The van der Waals surface area contributed by atoms with Crippen molar-refractivity contribution >= 4 is 23.2 Å². The van der Waals surface area contributed by atoms with E-state index >= 15 is 0 Å². The normalized spacial score (nSPS) is 15.7. The Kier molecular flexibility index (Phi) is 6.11. The SMILES string of the molecule is COc1ccc(Cl)cc1NC(=O)CN(Cc1ccc2c(c1)OCO2)C1CCCC1. The summed E-state index contributed by atoms with van der Waals surface area (Å²) in [6.07, 6.45) is 4.62. The third kappa shape index (κ3) is 4.77. The molecule has 29 heavy (non-hydrogen) atoms. The molecule has 2 aliphatic rings. The monoisotopic (exact) mass is 416 g/mol. The van der Waals surface area contributed by atoms with Gasteiger partial charge in [0.25, 0.3) is 0 Å². The molecule has 1 heterocycles. The lowest BCUT2D eigenvalue weighted by molar-refractivity contribution is -0.118. The van der Waals surface area contributed by atoms with E-state index < -0.39 is 0 Å². The number of halogens is 1. The van der Waals surface area contributed by atoms with E-state index in [-0.39, 0.29) is 12.7 Å². The number of ether oxygens (including phenoxy) is 3. The number of carbonyl (C=O) groups is 1. The van der Waals surface area contributed by atoms with E-state index in [4.69, 9.17) is 25.8 Å². The Bertz CT molecular complexity index is 883. The molecule has 0 radical (unpaired) electrons. The standard InChI is InChI=1S/C22H25ClN2O4/c1-27-19-9-7-16(23)11-18(19)24-22(26)13-25(17-4-2-3-5-17)12-15-6-8-20-21(10-15)29-14-28-20/h6-11,17H,2-5,12-14H2,1H3,(H,24,26). The van der Waals surface area contributed by atoms with Crippen LogP contribution in [0.3, 0.4) is 0 Å². The Hall–Kier alpha value is -2.44. The highest BCUT2D eigenvalue weighted by Crippen LogP contribution is 2.34. The van der Waals surface area contributed by atoms with Gasteiger partial charge in [0.15, 0.2) is 11.5 Å². The Balaban J connectivity index is 1.47. The lowest BCUT2D eigenvalue weighted by Gasteiger charge is -2.28. The number of rotatable bonds is 7. The summed E-state index contributed by atoms with van der Waals surface area (Å²) in [4.78, 5) is 15.1. The first-order valence-corrected chi connectivity index (χ1v) is 10.3. The molecule has 1 aliphatic heterocycles. The zero-order valence-electron chi connectivity index (χ0n) is 16.4. The highest BCUT2D eigenvalue weighted by molar-refractivity contribution is 6.31. The van der Waals surface area contributed by atoms with E-state index in [0.29, 0.717) is 35.6 Å². The Morgan fingerprint density at radius 3 is 2.76 bits per heavy atom. The van der Waals surface area contributed by atoms with Gasteiger partial charge >= 0.3 is 0 Å². The van der Waals surface area contributed by atoms with Gasteiger partial charge in [0.2, 0.25) is 12.7 Å². The molecule has 0 spiro atoms. The van der Waals surface area contributed by atoms with E-state index in [2.05, 4.69) is 10.2 Å².